The van der Waals surface area contributed by atoms with Crippen LogP contribution in [0.3, 0.4) is 0 Å². The first kappa shape index (κ1) is 11.5. The van der Waals surface area contributed by atoms with E-state index in [2.05, 4.69) is 43.0 Å². The van der Waals surface area contributed by atoms with E-state index in [1.54, 1.807) is 0 Å². The molecule has 0 aliphatic heterocycles. The Balaban J connectivity index is 2.59. The molecule has 0 aromatic carbocycles. The largest absolute Gasteiger partial charge is 0.305 e. The fourth-order valence-corrected chi connectivity index (χ4v) is 1.85. The highest BCUT2D eigenvalue weighted by molar-refractivity contribution is 7.98. The number of hydrogen-bond donors (Lipinski definition) is 0. The molecule has 0 atom stereocenters. The van der Waals surface area contributed by atoms with Crippen molar-refractivity contribution in [2.45, 2.75) is 19.2 Å². The maximum absolute atomic E-state index is 4.34. The topological polar surface area (TPSA) is 16.1 Å². The minimum Gasteiger partial charge on any atom is -0.305 e. The molecule has 0 N–H and O–H groups in total. The first-order chi connectivity index (χ1) is 6.72. The Kier molecular flexibility index (Phi) is 4.98. The van der Waals surface area contributed by atoms with Crippen LogP contribution in [0.5, 0.6) is 0 Å². The zero-order valence-electron chi connectivity index (χ0n) is 9.16. The molecule has 78 valence electrons. The maximum atomic E-state index is 4.34. The molecule has 0 spiro atoms. The molecule has 0 fully saturated rings. The van der Waals surface area contributed by atoms with Gasteiger partial charge in [0.05, 0.1) is 5.69 Å². The third-order valence-electron chi connectivity index (χ3n) is 1.83. The summed E-state index contributed by atoms with van der Waals surface area (Å²) in [6.07, 6.45) is 1.91. The van der Waals surface area contributed by atoms with Crippen LogP contribution in [-0.2, 0) is 12.3 Å². The average molecular weight is 210 g/mol. The van der Waals surface area contributed by atoms with Gasteiger partial charge in [0.25, 0.3) is 0 Å². The lowest BCUT2D eigenvalue weighted by Crippen LogP contribution is -2.10. The van der Waals surface area contributed by atoms with Crippen LogP contribution in [0.15, 0.2) is 18.3 Å². The van der Waals surface area contributed by atoms with Crippen LogP contribution in [0.25, 0.3) is 0 Å². The molecule has 1 aromatic heterocycles. The standard InChI is InChI=1S/C11H18N2S/c1-4-14-9-11-7-10(5-6-12-11)8-13(2)3/h5-7H,4,8-9H2,1-3H3. The minimum atomic E-state index is 0.992. The predicted octanol–water partition coefficient (Wildman–Crippen LogP) is 2.40. The highest BCUT2D eigenvalue weighted by Gasteiger charge is 1.98. The smallest absolute Gasteiger partial charge is 0.0505 e. The van der Waals surface area contributed by atoms with E-state index in [9.17, 15) is 0 Å². The van der Waals surface area contributed by atoms with Crippen LogP contribution in [0.4, 0.5) is 0 Å². The molecule has 0 bridgehead atoms. The summed E-state index contributed by atoms with van der Waals surface area (Å²) in [7, 11) is 4.17. The van der Waals surface area contributed by atoms with Crippen molar-refractivity contribution in [3.8, 4) is 0 Å². The summed E-state index contributed by atoms with van der Waals surface area (Å²) >= 11 is 1.91. The maximum Gasteiger partial charge on any atom is 0.0505 e. The molecule has 1 heterocycles. The fourth-order valence-electron chi connectivity index (χ4n) is 1.28. The molecule has 0 radical (unpaired) electrons. The lowest BCUT2D eigenvalue weighted by molar-refractivity contribution is 0.402. The van der Waals surface area contributed by atoms with E-state index in [4.69, 9.17) is 0 Å². The van der Waals surface area contributed by atoms with Gasteiger partial charge in [-0.2, -0.15) is 11.8 Å². The van der Waals surface area contributed by atoms with E-state index in [-0.39, 0.29) is 0 Å². The highest BCUT2D eigenvalue weighted by Crippen LogP contribution is 2.11. The van der Waals surface area contributed by atoms with Gasteiger partial charge in [0.2, 0.25) is 0 Å². The molecular formula is C11H18N2S. The summed E-state index contributed by atoms with van der Waals surface area (Å²) in [5, 5.41) is 0. The van der Waals surface area contributed by atoms with Crippen molar-refractivity contribution < 1.29 is 0 Å². The quantitative estimate of drug-likeness (QED) is 0.742. The molecule has 3 heteroatoms. The van der Waals surface area contributed by atoms with Crippen LogP contribution >= 0.6 is 11.8 Å². The molecule has 1 rings (SSSR count). The zero-order chi connectivity index (χ0) is 10.4. The Morgan fingerprint density at radius 3 is 2.86 bits per heavy atom. The number of hydrogen-bond acceptors (Lipinski definition) is 3. The lowest BCUT2D eigenvalue weighted by atomic mass is 10.2. The van der Waals surface area contributed by atoms with Gasteiger partial charge in [-0.15, -0.1) is 0 Å². The molecule has 2 nitrogen and oxygen atoms in total. The van der Waals surface area contributed by atoms with Crippen LogP contribution < -0.4 is 0 Å². The van der Waals surface area contributed by atoms with Crippen molar-refractivity contribution in [2.75, 3.05) is 19.8 Å². The van der Waals surface area contributed by atoms with Gasteiger partial charge in [-0.25, -0.2) is 0 Å². The monoisotopic (exact) mass is 210 g/mol. The van der Waals surface area contributed by atoms with Crippen molar-refractivity contribution in [1.82, 2.24) is 9.88 Å². The highest BCUT2D eigenvalue weighted by atomic mass is 32.2. The normalized spacial score (nSPS) is 10.9. The Morgan fingerprint density at radius 2 is 2.21 bits per heavy atom. The third-order valence-corrected chi connectivity index (χ3v) is 2.74. The van der Waals surface area contributed by atoms with Gasteiger partial charge in [-0.05, 0) is 37.5 Å². The summed E-state index contributed by atoms with van der Waals surface area (Å²) < 4.78 is 0. The second-order valence-electron chi connectivity index (χ2n) is 3.53. The molecule has 0 aliphatic carbocycles. The predicted molar refractivity (Wildman–Crippen MR) is 63.5 cm³/mol. The van der Waals surface area contributed by atoms with Crippen LogP contribution in [-0.4, -0.2) is 29.7 Å². The summed E-state index contributed by atoms with van der Waals surface area (Å²) in [5.41, 5.74) is 2.54. The number of thioether (sulfide) groups is 1. The average Bonchev–Trinajstić information content (AvgIpc) is 2.14. The fraction of sp³-hybridized carbons (Fsp3) is 0.545. The third kappa shape index (κ3) is 4.11. The van der Waals surface area contributed by atoms with Gasteiger partial charge in [-0.3, -0.25) is 4.98 Å². The second-order valence-corrected chi connectivity index (χ2v) is 4.80. The SMILES string of the molecule is CCSCc1cc(CN(C)C)ccn1. The summed E-state index contributed by atoms with van der Waals surface area (Å²) in [5.74, 6) is 2.18. The van der Waals surface area contributed by atoms with Gasteiger partial charge in [0, 0.05) is 18.5 Å². The van der Waals surface area contributed by atoms with E-state index in [1.807, 2.05) is 18.0 Å². The van der Waals surface area contributed by atoms with E-state index in [0.717, 1.165) is 18.1 Å². The number of nitrogens with zero attached hydrogens (tertiary/aromatic N) is 2. The van der Waals surface area contributed by atoms with Crippen molar-refractivity contribution in [3.05, 3.63) is 29.6 Å². The zero-order valence-corrected chi connectivity index (χ0v) is 9.97. The molecule has 0 saturated carbocycles. The van der Waals surface area contributed by atoms with Gasteiger partial charge >= 0.3 is 0 Å². The minimum absolute atomic E-state index is 0.992. The van der Waals surface area contributed by atoms with E-state index in [0.29, 0.717) is 0 Å². The van der Waals surface area contributed by atoms with Gasteiger partial charge in [0.15, 0.2) is 0 Å². The molecule has 0 amide bonds. The first-order valence-corrected chi connectivity index (χ1v) is 6.04. The van der Waals surface area contributed by atoms with E-state index in [1.165, 1.54) is 11.3 Å². The van der Waals surface area contributed by atoms with E-state index >= 15 is 0 Å². The Hall–Kier alpha value is -0.540. The van der Waals surface area contributed by atoms with Crippen LogP contribution in [0, 0.1) is 0 Å². The van der Waals surface area contributed by atoms with Gasteiger partial charge in [-0.1, -0.05) is 6.92 Å². The van der Waals surface area contributed by atoms with E-state index < -0.39 is 0 Å². The van der Waals surface area contributed by atoms with Crippen molar-refractivity contribution in [1.29, 1.82) is 0 Å². The van der Waals surface area contributed by atoms with Crippen molar-refractivity contribution in [2.24, 2.45) is 0 Å². The number of rotatable bonds is 5. The lowest BCUT2D eigenvalue weighted by Gasteiger charge is -2.10. The Morgan fingerprint density at radius 1 is 1.43 bits per heavy atom. The van der Waals surface area contributed by atoms with Crippen LogP contribution in [0.2, 0.25) is 0 Å². The van der Waals surface area contributed by atoms with Crippen LogP contribution in [0.1, 0.15) is 18.2 Å². The Bertz CT molecular complexity index is 274. The second kappa shape index (κ2) is 6.04. The summed E-state index contributed by atoms with van der Waals surface area (Å²) in [6.45, 7) is 3.17. The molecular weight excluding hydrogens is 192 g/mol. The van der Waals surface area contributed by atoms with Gasteiger partial charge < -0.3 is 4.90 Å². The molecule has 0 aliphatic rings. The summed E-state index contributed by atoms with van der Waals surface area (Å²) in [4.78, 5) is 6.52. The summed E-state index contributed by atoms with van der Waals surface area (Å²) in [6, 6.07) is 4.28. The van der Waals surface area contributed by atoms with Crippen molar-refractivity contribution in [3.63, 3.8) is 0 Å². The number of pyridine rings is 1. The van der Waals surface area contributed by atoms with Gasteiger partial charge in [0.1, 0.15) is 0 Å². The molecule has 0 saturated heterocycles. The first-order valence-electron chi connectivity index (χ1n) is 4.88. The number of aromatic nitrogens is 1. The van der Waals surface area contributed by atoms with Crippen molar-refractivity contribution >= 4 is 11.8 Å². The molecule has 1 aromatic rings. The Labute approximate surface area is 90.7 Å². The molecule has 14 heavy (non-hydrogen) atoms. The molecule has 0 unspecified atom stereocenters.